The van der Waals surface area contributed by atoms with Crippen molar-refractivity contribution < 1.29 is 9.90 Å². The second-order valence-electron chi connectivity index (χ2n) is 3.92. The Morgan fingerprint density at radius 1 is 1.47 bits per heavy atom. The zero-order valence-corrected chi connectivity index (χ0v) is 10.9. The van der Waals surface area contributed by atoms with Crippen molar-refractivity contribution in [3.63, 3.8) is 0 Å². The maximum absolute atomic E-state index is 11.2. The Bertz CT molecular complexity index is 417. The van der Waals surface area contributed by atoms with Gasteiger partial charge in [0.05, 0.1) is 0 Å². The number of pyridine rings is 1. The molecule has 2 rings (SSSR count). The fourth-order valence-electron chi connectivity index (χ4n) is 1.90. The summed E-state index contributed by atoms with van der Waals surface area (Å²) in [6.45, 7) is 3.45. The Hall–Kier alpha value is -1.14. The normalized spacial score (nSPS) is 16.6. The van der Waals surface area contributed by atoms with Crippen molar-refractivity contribution in [3.8, 4) is 0 Å². The molecule has 0 radical (unpaired) electrons. The molecule has 2 heterocycles. The highest BCUT2D eigenvalue weighted by Crippen LogP contribution is 2.22. The van der Waals surface area contributed by atoms with E-state index in [1.54, 1.807) is 12.3 Å². The van der Waals surface area contributed by atoms with Crippen molar-refractivity contribution in [3.05, 3.63) is 22.3 Å². The Balaban J connectivity index is 2.32. The van der Waals surface area contributed by atoms with Gasteiger partial charge >= 0.3 is 5.97 Å². The number of carboxylic acid groups (broad SMARTS) is 1. The van der Waals surface area contributed by atoms with Gasteiger partial charge in [-0.2, -0.15) is 0 Å². The number of hydrogen-bond acceptors (Lipinski definition) is 4. The zero-order chi connectivity index (χ0) is 12.3. The quantitative estimate of drug-likeness (QED) is 0.863. The molecule has 0 spiro atoms. The lowest BCUT2D eigenvalue weighted by atomic mass is 10.2. The lowest BCUT2D eigenvalue weighted by Gasteiger charge is -2.22. The van der Waals surface area contributed by atoms with Crippen molar-refractivity contribution >= 4 is 27.7 Å². The zero-order valence-electron chi connectivity index (χ0n) is 9.32. The average molecular weight is 300 g/mol. The third-order valence-electron chi connectivity index (χ3n) is 2.70. The SMILES string of the molecule is O=C(O)c1cc(Br)cnc1N1CCCNCC1. The number of hydrogen-bond donors (Lipinski definition) is 2. The van der Waals surface area contributed by atoms with Crippen LogP contribution >= 0.6 is 15.9 Å². The number of aromatic nitrogens is 1. The van der Waals surface area contributed by atoms with E-state index in [1.807, 2.05) is 4.90 Å². The van der Waals surface area contributed by atoms with Crippen LogP contribution in [0.5, 0.6) is 0 Å². The summed E-state index contributed by atoms with van der Waals surface area (Å²) in [5.74, 6) is -0.379. The van der Waals surface area contributed by atoms with Gasteiger partial charge in [0.15, 0.2) is 0 Å². The van der Waals surface area contributed by atoms with E-state index in [0.717, 1.165) is 32.6 Å². The van der Waals surface area contributed by atoms with E-state index in [2.05, 4.69) is 26.2 Å². The molecule has 0 saturated carbocycles. The molecule has 6 heteroatoms. The van der Waals surface area contributed by atoms with Crippen LogP contribution in [-0.2, 0) is 0 Å². The van der Waals surface area contributed by atoms with Gasteiger partial charge in [0.2, 0.25) is 0 Å². The van der Waals surface area contributed by atoms with Gasteiger partial charge in [0.1, 0.15) is 11.4 Å². The van der Waals surface area contributed by atoms with Gasteiger partial charge in [-0.3, -0.25) is 0 Å². The largest absolute Gasteiger partial charge is 0.478 e. The van der Waals surface area contributed by atoms with Crippen LogP contribution in [0.4, 0.5) is 5.82 Å². The second kappa shape index (κ2) is 5.46. The van der Waals surface area contributed by atoms with Gasteiger partial charge in [-0.25, -0.2) is 9.78 Å². The van der Waals surface area contributed by atoms with Gasteiger partial charge in [0.25, 0.3) is 0 Å². The Morgan fingerprint density at radius 2 is 2.29 bits per heavy atom. The molecule has 0 bridgehead atoms. The molecule has 1 aliphatic heterocycles. The number of rotatable bonds is 2. The van der Waals surface area contributed by atoms with E-state index in [4.69, 9.17) is 0 Å². The van der Waals surface area contributed by atoms with Crippen LogP contribution in [0.3, 0.4) is 0 Å². The number of aromatic carboxylic acids is 1. The van der Waals surface area contributed by atoms with Crippen LogP contribution in [0.1, 0.15) is 16.8 Å². The summed E-state index contributed by atoms with van der Waals surface area (Å²) < 4.78 is 0.687. The maximum atomic E-state index is 11.2. The highest BCUT2D eigenvalue weighted by atomic mass is 79.9. The number of anilines is 1. The molecule has 2 N–H and O–H groups in total. The summed E-state index contributed by atoms with van der Waals surface area (Å²) in [4.78, 5) is 17.5. The Kier molecular flexibility index (Phi) is 3.96. The first-order valence-corrected chi connectivity index (χ1v) is 6.32. The predicted octanol–water partition coefficient (Wildman–Crippen LogP) is 1.34. The van der Waals surface area contributed by atoms with Crippen LogP contribution in [-0.4, -0.2) is 42.2 Å². The third kappa shape index (κ3) is 2.95. The molecule has 1 aromatic rings. The fraction of sp³-hybridized carbons (Fsp3) is 0.455. The fourth-order valence-corrected chi connectivity index (χ4v) is 2.23. The number of halogens is 1. The van der Waals surface area contributed by atoms with Crippen molar-refractivity contribution in [1.29, 1.82) is 0 Å². The molecule has 17 heavy (non-hydrogen) atoms. The highest BCUT2D eigenvalue weighted by molar-refractivity contribution is 9.10. The predicted molar refractivity (Wildman–Crippen MR) is 68.6 cm³/mol. The van der Waals surface area contributed by atoms with Crippen LogP contribution in [0.2, 0.25) is 0 Å². The first-order valence-electron chi connectivity index (χ1n) is 5.53. The number of carbonyl (C=O) groups is 1. The molecule has 0 aliphatic carbocycles. The summed E-state index contributed by atoms with van der Waals surface area (Å²) in [6.07, 6.45) is 2.64. The van der Waals surface area contributed by atoms with Crippen LogP contribution in [0.15, 0.2) is 16.7 Å². The smallest absolute Gasteiger partial charge is 0.339 e. The summed E-state index contributed by atoms with van der Waals surface area (Å²) in [5, 5.41) is 12.5. The number of nitrogens with one attached hydrogen (secondary N) is 1. The van der Waals surface area contributed by atoms with Crippen molar-refractivity contribution in [2.75, 3.05) is 31.1 Å². The molecule has 0 amide bonds. The third-order valence-corrected chi connectivity index (χ3v) is 3.14. The summed E-state index contributed by atoms with van der Waals surface area (Å²) in [6, 6.07) is 1.60. The standard InChI is InChI=1S/C11H14BrN3O2/c12-8-6-9(11(16)17)10(14-7-8)15-4-1-2-13-3-5-15/h6-7,13H,1-5H2,(H,16,17). The molecule has 1 saturated heterocycles. The van der Waals surface area contributed by atoms with Crippen molar-refractivity contribution in [2.24, 2.45) is 0 Å². The van der Waals surface area contributed by atoms with E-state index >= 15 is 0 Å². The van der Waals surface area contributed by atoms with Gasteiger partial charge in [-0.1, -0.05) is 0 Å². The monoisotopic (exact) mass is 299 g/mol. The molecule has 1 aliphatic rings. The maximum Gasteiger partial charge on any atom is 0.339 e. The van der Waals surface area contributed by atoms with E-state index in [1.165, 1.54) is 0 Å². The molecular weight excluding hydrogens is 286 g/mol. The minimum absolute atomic E-state index is 0.251. The van der Waals surface area contributed by atoms with Crippen LogP contribution in [0, 0.1) is 0 Å². The van der Waals surface area contributed by atoms with E-state index < -0.39 is 5.97 Å². The summed E-state index contributed by atoms with van der Waals surface area (Å²) >= 11 is 3.25. The molecule has 92 valence electrons. The van der Waals surface area contributed by atoms with Crippen LogP contribution in [0.25, 0.3) is 0 Å². The van der Waals surface area contributed by atoms with Gasteiger partial charge in [-0.15, -0.1) is 0 Å². The molecule has 0 atom stereocenters. The number of nitrogens with zero attached hydrogens (tertiary/aromatic N) is 2. The topological polar surface area (TPSA) is 65.5 Å². The molecule has 0 unspecified atom stereocenters. The summed E-state index contributed by atoms with van der Waals surface area (Å²) in [5.41, 5.74) is 0.251. The first-order chi connectivity index (χ1) is 8.18. The molecule has 1 aromatic heterocycles. The van der Waals surface area contributed by atoms with E-state index in [9.17, 15) is 9.90 Å². The van der Waals surface area contributed by atoms with E-state index in [0.29, 0.717) is 10.3 Å². The first kappa shape index (κ1) is 12.3. The Morgan fingerprint density at radius 3 is 3.06 bits per heavy atom. The minimum atomic E-state index is -0.939. The molecule has 5 nitrogen and oxygen atoms in total. The molecular formula is C11H14BrN3O2. The van der Waals surface area contributed by atoms with Crippen LogP contribution < -0.4 is 10.2 Å². The van der Waals surface area contributed by atoms with Gasteiger partial charge in [0, 0.05) is 30.3 Å². The average Bonchev–Trinajstić information content (AvgIpc) is 2.57. The lowest BCUT2D eigenvalue weighted by molar-refractivity contribution is 0.0697. The lowest BCUT2D eigenvalue weighted by Crippen LogP contribution is -2.30. The Labute approximate surface area is 108 Å². The minimum Gasteiger partial charge on any atom is -0.478 e. The second-order valence-corrected chi connectivity index (χ2v) is 4.84. The van der Waals surface area contributed by atoms with Crippen molar-refractivity contribution in [2.45, 2.75) is 6.42 Å². The molecule has 0 aromatic carbocycles. The van der Waals surface area contributed by atoms with Gasteiger partial charge in [-0.05, 0) is 35.0 Å². The number of carboxylic acids is 1. The highest BCUT2D eigenvalue weighted by Gasteiger charge is 2.18. The summed E-state index contributed by atoms with van der Waals surface area (Å²) in [7, 11) is 0. The van der Waals surface area contributed by atoms with Crippen molar-refractivity contribution in [1.82, 2.24) is 10.3 Å². The van der Waals surface area contributed by atoms with Gasteiger partial charge < -0.3 is 15.3 Å². The molecule has 1 fully saturated rings. The van der Waals surface area contributed by atoms with E-state index in [-0.39, 0.29) is 5.56 Å².